The van der Waals surface area contributed by atoms with Crippen LogP contribution >= 0.6 is 11.3 Å². The topological polar surface area (TPSA) is 100 Å². The number of thiazole rings is 1. The number of carboxylic acid groups (broad SMARTS) is 1. The molecule has 5 nitrogen and oxygen atoms in total. The number of hydrogen-bond acceptors (Lipinski definition) is 5. The molecule has 1 heterocycles. The first-order valence-corrected chi connectivity index (χ1v) is 12.1. The second-order valence-electron chi connectivity index (χ2n) is 7.94. The summed E-state index contributed by atoms with van der Waals surface area (Å²) in [5.41, 5.74) is 17.2. The van der Waals surface area contributed by atoms with Crippen molar-refractivity contribution in [1.82, 2.24) is 4.98 Å². The number of rotatable bonds is 8. The average Bonchev–Trinajstić information content (AvgIpc) is 3.42. The number of nitrogens with two attached hydrogens (primary N) is 1. The molecule has 0 fully saturated rings. The van der Waals surface area contributed by atoms with Gasteiger partial charge < -0.3 is 16.2 Å². The summed E-state index contributed by atoms with van der Waals surface area (Å²) in [5.74, 6) is -0.981. The number of anilines is 1. The van der Waals surface area contributed by atoms with Crippen LogP contribution in [0, 0.1) is 5.41 Å². The van der Waals surface area contributed by atoms with E-state index in [1.54, 1.807) is 17.4 Å². The molecule has 4 rings (SSSR count). The molecule has 0 radical (unpaired) electrons. The molecule has 0 aliphatic rings. The number of benzene rings is 3. The first-order valence-electron chi connectivity index (χ1n) is 11.1. The number of aromatic nitrogens is 1. The highest BCUT2D eigenvalue weighted by Crippen LogP contribution is 2.36. The van der Waals surface area contributed by atoms with Crippen LogP contribution in [0.2, 0.25) is 0 Å². The van der Waals surface area contributed by atoms with Gasteiger partial charge in [-0.05, 0) is 58.0 Å². The third-order valence-electron chi connectivity index (χ3n) is 5.77. The van der Waals surface area contributed by atoms with Crippen molar-refractivity contribution in [3.05, 3.63) is 112 Å². The highest BCUT2D eigenvalue weighted by molar-refractivity contribution is 7.07. The van der Waals surface area contributed by atoms with E-state index in [2.05, 4.69) is 36.2 Å². The predicted molar refractivity (Wildman–Crippen MR) is 146 cm³/mol. The highest BCUT2D eigenvalue weighted by atomic mass is 32.1. The number of nitrogens with one attached hydrogen (secondary N) is 1. The summed E-state index contributed by atoms with van der Waals surface area (Å²) in [5, 5.41) is 18.7. The quantitative estimate of drug-likeness (QED) is 0.111. The van der Waals surface area contributed by atoms with E-state index in [-0.39, 0.29) is 0 Å². The van der Waals surface area contributed by atoms with E-state index in [4.69, 9.17) is 16.2 Å². The second-order valence-corrected chi connectivity index (χ2v) is 8.66. The zero-order chi connectivity index (χ0) is 24.8. The van der Waals surface area contributed by atoms with E-state index in [9.17, 15) is 4.79 Å². The Labute approximate surface area is 208 Å². The minimum Gasteiger partial charge on any atom is -0.478 e. The molecule has 35 heavy (non-hydrogen) atoms. The molecule has 0 aliphatic heterocycles. The van der Waals surface area contributed by atoms with E-state index in [0.29, 0.717) is 11.3 Å². The summed E-state index contributed by atoms with van der Waals surface area (Å²) in [4.78, 5) is 15.3. The maximum atomic E-state index is 10.9. The molecular formula is C29H25N3O2S. The number of hydrogen-bond donors (Lipinski definition) is 3. The van der Waals surface area contributed by atoms with Crippen LogP contribution < -0.4 is 5.73 Å². The SMILES string of the molecule is CC/C(=C(/c1ccc(/C=C/C(=O)O)cc1)c1ccc(N)c(C=N)c1)c1ccc(-c2cscn2)cc1. The Hall–Kier alpha value is -4.29. The zero-order valence-corrected chi connectivity index (χ0v) is 20.0. The van der Waals surface area contributed by atoms with Crippen molar-refractivity contribution in [2.45, 2.75) is 13.3 Å². The highest BCUT2D eigenvalue weighted by Gasteiger charge is 2.15. The number of nitrogen functional groups attached to an aromatic ring is 1. The molecule has 0 amide bonds. The smallest absolute Gasteiger partial charge is 0.328 e. The van der Waals surface area contributed by atoms with Crippen LogP contribution in [-0.2, 0) is 4.79 Å². The Morgan fingerprint density at radius 3 is 2.31 bits per heavy atom. The number of carboxylic acids is 1. The van der Waals surface area contributed by atoms with Gasteiger partial charge in [0.15, 0.2) is 0 Å². The summed E-state index contributed by atoms with van der Waals surface area (Å²) in [6.07, 6.45) is 4.76. The summed E-state index contributed by atoms with van der Waals surface area (Å²) < 4.78 is 0. The summed E-state index contributed by atoms with van der Waals surface area (Å²) in [6, 6.07) is 22.0. The van der Waals surface area contributed by atoms with E-state index in [1.165, 1.54) is 6.21 Å². The number of allylic oxidation sites excluding steroid dienone is 1. The van der Waals surface area contributed by atoms with Crippen LogP contribution in [0.4, 0.5) is 5.69 Å². The van der Waals surface area contributed by atoms with E-state index in [1.807, 2.05) is 53.4 Å². The second kappa shape index (κ2) is 10.8. The lowest BCUT2D eigenvalue weighted by atomic mass is 9.87. The normalized spacial score (nSPS) is 11.9. The number of aliphatic carboxylic acids is 1. The molecule has 174 valence electrons. The third-order valence-corrected chi connectivity index (χ3v) is 6.35. The number of carbonyl (C=O) groups is 1. The third kappa shape index (κ3) is 5.45. The summed E-state index contributed by atoms with van der Waals surface area (Å²) in [7, 11) is 0. The van der Waals surface area contributed by atoms with Crippen LogP contribution in [0.3, 0.4) is 0 Å². The fourth-order valence-corrected chi connectivity index (χ4v) is 4.58. The van der Waals surface area contributed by atoms with Gasteiger partial charge in [-0.2, -0.15) is 0 Å². The van der Waals surface area contributed by atoms with Gasteiger partial charge in [0.2, 0.25) is 0 Å². The van der Waals surface area contributed by atoms with Crippen molar-refractivity contribution in [2.24, 2.45) is 0 Å². The Kier molecular flexibility index (Phi) is 7.33. The average molecular weight is 480 g/mol. The molecule has 0 atom stereocenters. The number of nitrogens with zero attached hydrogens (tertiary/aromatic N) is 1. The van der Waals surface area contributed by atoms with Crippen molar-refractivity contribution in [1.29, 1.82) is 5.41 Å². The molecule has 0 spiro atoms. The Morgan fingerprint density at radius 1 is 1.03 bits per heavy atom. The summed E-state index contributed by atoms with van der Waals surface area (Å²) >= 11 is 1.57. The first kappa shape index (κ1) is 23.9. The maximum Gasteiger partial charge on any atom is 0.328 e. The molecule has 0 unspecified atom stereocenters. The van der Waals surface area contributed by atoms with Crippen molar-refractivity contribution in [2.75, 3.05) is 5.73 Å². The van der Waals surface area contributed by atoms with Crippen molar-refractivity contribution < 1.29 is 9.90 Å². The van der Waals surface area contributed by atoms with Crippen molar-refractivity contribution in [3.8, 4) is 11.3 Å². The Morgan fingerprint density at radius 2 is 1.71 bits per heavy atom. The predicted octanol–water partition coefficient (Wildman–Crippen LogP) is 6.86. The van der Waals surface area contributed by atoms with Crippen molar-refractivity contribution in [3.63, 3.8) is 0 Å². The van der Waals surface area contributed by atoms with Gasteiger partial charge in [0.05, 0.1) is 11.2 Å². The van der Waals surface area contributed by atoms with Gasteiger partial charge in [-0.3, -0.25) is 0 Å². The fraction of sp³-hybridized carbons (Fsp3) is 0.0690. The van der Waals surface area contributed by atoms with Gasteiger partial charge in [-0.15, -0.1) is 11.3 Å². The molecule has 4 aromatic rings. The fourth-order valence-electron chi connectivity index (χ4n) is 4.02. The molecule has 6 heteroatoms. The molecule has 3 aromatic carbocycles. The molecule has 0 saturated carbocycles. The standard InChI is InChI=1S/C29H25N3O2S/c1-2-25(20-8-10-21(11-9-20)27-17-35-18-32-27)29(23-12-13-26(31)24(15-23)16-30)22-6-3-19(4-7-22)5-14-28(33)34/h3-18,30H,2,31H2,1H3,(H,33,34)/b14-5+,29-25+,30-16?. The minimum atomic E-state index is -0.981. The van der Waals surface area contributed by atoms with E-state index < -0.39 is 5.97 Å². The largest absolute Gasteiger partial charge is 0.478 e. The van der Waals surface area contributed by atoms with E-state index in [0.717, 1.165) is 57.2 Å². The lowest BCUT2D eigenvalue weighted by molar-refractivity contribution is -0.131. The van der Waals surface area contributed by atoms with E-state index >= 15 is 0 Å². The molecule has 0 aliphatic carbocycles. The van der Waals surface area contributed by atoms with Crippen LogP contribution in [0.1, 0.15) is 41.2 Å². The van der Waals surface area contributed by atoms with Gasteiger partial charge in [-0.25, -0.2) is 9.78 Å². The van der Waals surface area contributed by atoms with Crippen LogP contribution in [0.5, 0.6) is 0 Å². The monoisotopic (exact) mass is 479 g/mol. The molecule has 0 saturated heterocycles. The zero-order valence-electron chi connectivity index (χ0n) is 19.2. The lowest BCUT2D eigenvalue weighted by Gasteiger charge is -2.18. The summed E-state index contributed by atoms with van der Waals surface area (Å²) in [6.45, 7) is 2.13. The van der Waals surface area contributed by atoms with Crippen LogP contribution in [0.15, 0.2) is 83.7 Å². The van der Waals surface area contributed by atoms with Gasteiger partial charge in [0.25, 0.3) is 0 Å². The lowest BCUT2D eigenvalue weighted by Crippen LogP contribution is -1.99. The minimum absolute atomic E-state index is 0.558. The van der Waals surface area contributed by atoms with Gasteiger partial charge >= 0.3 is 5.97 Å². The molecule has 4 N–H and O–H groups in total. The van der Waals surface area contributed by atoms with Crippen LogP contribution in [-0.4, -0.2) is 22.3 Å². The Balaban J connectivity index is 1.87. The Bertz CT molecular complexity index is 1400. The maximum absolute atomic E-state index is 10.9. The van der Waals surface area contributed by atoms with Gasteiger partial charge in [0.1, 0.15) is 0 Å². The molecule has 1 aromatic heterocycles. The van der Waals surface area contributed by atoms with Gasteiger partial charge in [0, 0.05) is 34.5 Å². The first-order chi connectivity index (χ1) is 17.0. The van der Waals surface area contributed by atoms with Crippen LogP contribution in [0.25, 0.3) is 28.5 Å². The molecule has 0 bridgehead atoms. The van der Waals surface area contributed by atoms with Crippen molar-refractivity contribution >= 4 is 46.4 Å². The molecular weight excluding hydrogens is 454 g/mol. The van der Waals surface area contributed by atoms with Gasteiger partial charge in [-0.1, -0.05) is 61.5 Å².